The number of hydrogen-bond donors (Lipinski definition) is 1. The molecule has 2 heterocycles. The van der Waals surface area contributed by atoms with Crippen LogP contribution < -0.4 is 10.2 Å². The topological polar surface area (TPSA) is 45.2 Å². The second kappa shape index (κ2) is 5.77. The van der Waals surface area contributed by atoms with Gasteiger partial charge in [0, 0.05) is 23.6 Å². The summed E-state index contributed by atoms with van der Waals surface area (Å²) in [7, 11) is 0. The minimum absolute atomic E-state index is 0.235. The van der Waals surface area contributed by atoms with Crippen molar-refractivity contribution in [1.82, 2.24) is 4.98 Å². The lowest BCUT2D eigenvalue weighted by molar-refractivity contribution is 0.0974. The summed E-state index contributed by atoms with van der Waals surface area (Å²) in [6, 6.07) is 17.2. The maximum absolute atomic E-state index is 14.4. The first kappa shape index (κ1) is 14.4. The first-order valence-corrected chi connectivity index (χ1v) is 7.59. The third kappa shape index (κ3) is 2.31. The molecular formula is C19H14FN3O. The van der Waals surface area contributed by atoms with Crippen molar-refractivity contribution in [2.24, 2.45) is 0 Å². The van der Waals surface area contributed by atoms with Gasteiger partial charge < -0.3 is 5.32 Å². The van der Waals surface area contributed by atoms with Gasteiger partial charge in [0.2, 0.25) is 0 Å². The Hall–Kier alpha value is -3.21. The van der Waals surface area contributed by atoms with E-state index in [-0.39, 0.29) is 11.6 Å². The first-order chi connectivity index (χ1) is 11.8. The van der Waals surface area contributed by atoms with Crippen molar-refractivity contribution in [3.05, 3.63) is 90.0 Å². The number of carbonyl (C=O) groups excluding carboxylic acids is 1. The van der Waals surface area contributed by atoms with Crippen molar-refractivity contribution < 1.29 is 9.18 Å². The summed E-state index contributed by atoms with van der Waals surface area (Å²) < 4.78 is 14.4. The van der Waals surface area contributed by atoms with Crippen molar-refractivity contribution in [2.75, 3.05) is 10.2 Å². The van der Waals surface area contributed by atoms with E-state index in [0.717, 1.165) is 11.3 Å². The van der Waals surface area contributed by atoms with Crippen molar-refractivity contribution in [3.63, 3.8) is 0 Å². The van der Waals surface area contributed by atoms with Crippen LogP contribution in [0.25, 0.3) is 0 Å². The Morgan fingerprint density at radius 1 is 1.00 bits per heavy atom. The standard InChI is InChI=1S/C19H14FN3O/c20-15-8-2-4-10-17(15)23-18(13-6-5-11-21-12-13)22-16-9-3-1-7-14(16)19(23)24/h1-12,18,22H/t18-/m0/s1. The molecule has 3 aromatic rings. The number of anilines is 2. The van der Waals surface area contributed by atoms with Crippen LogP contribution in [0.5, 0.6) is 0 Å². The number of rotatable bonds is 2. The summed E-state index contributed by atoms with van der Waals surface area (Å²) in [4.78, 5) is 18.6. The van der Waals surface area contributed by atoms with E-state index >= 15 is 0 Å². The lowest BCUT2D eigenvalue weighted by Crippen LogP contribution is -2.43. The quantitative estimate of drug-likeness (QED) is 0.777. The number of nitrogens with zero attached hydrogens (tertiary/aromatic N) is 2. The number of benzene rings is 2. The van der Waals surface area contributed by atoms with Gasteiger partial charge in [0.15, 0.2) is 0 Å². The summed E-state index contributed by atoms with van der Waals surface area (Å²) >= 11 is 0. The molecule has 118 valence electrons. The Balaban J connectivity index is 1.90. The fraction of sp³-hybridized carbons (Fsp3) is 0.0526. The molecule has 0 unspecified atom stereocenters. The second-order valence-electron chi connectivity index (χ2n) is 5.51. The van der Waals surface area contributed by atoms with Gasteiger partial charge >= 0.3 is 0 Å². The van der Waals surface area contributed by atoms with Crippen LogP contribution in [0.3, 0.4) is 0 Å². The summed E-state index contributed by atoms with van der Waals surface area (Å²) in [5.74, 6) is -0.691. The van der Waals surface area contributed by atoms with Crippen LogP contribution in [-0.4, -0.2) is 10.9 Å². The Labute approximate surface area is 138 Å². The predicted octanol–water partition coefficient (Wildman–Crippen LogP) is 3.99. The first-order valence-electron chi connectivity index (χ1n) is 7.59. The smallest absolute Gasteiger partial charge is 0.262 e. The minimum atomic E-state index is -0.530. The minimum Gasteiger partial charge on any atom is -0.360 e. The molecule has 0 saturated carbocycles. The molecule has 1 amide bonds. The summed E-state index contributed by atoms with van der Waals surface area (Å²) in [6.07, 6.45) is 2.81. The Bertz CT molecular complexity index is 898. The molecule has 0 fully saturated rings. The molecule has 0 aliphatic carbocycles. The molecule has 0 saturated heterocycles. The van der Waals surface area contributed by atoms with Crippen molar-refractivity contribution in [3.8, 4) is 0 Å². The van der Waals surface area contributed by atoms with E-state index < -0.39 is 12.0 Å². The highest BCUT2D eigenvalue weighted by Gasteiger charge is 2.35. The molecule has 1 aromatic heterocycles. The average molecular weight is 319 g/mol. The van der Waals surface area contributed by atoms with Crippen LogP contribution in [0.2, 0.25) is 0 Å². The molecule has 4 nitrogen and oxygen atoms in total. The monoisotopic (exact) mass is 319 g/mol. The van der Waals surface area contributed by atoms with Crippen LogP contribution in [0.1, 0.15) is 22.1 Å². The predicted molar refractivity (Wildman–Crippen MR) is 90.3 cm³/mol. The van der Waals surface area contributed by atoms with E-state index in [2.05, 4.69) is 10.3 Å². The van der Waals surface area contributed by atoms with Crippen LogP contribution in [0.15, 0.2) is 73.1 Å². The van der Waals surface area contributed by atoms with Crippen LogP contribution in [0.4, 0.5) is 15.8 Å². The molecule has 1 aliphatic heterocycles. The van der Waals surface area contributed by atoms with Gasteiger partial charge in [-0.05, 0) is 30.3 Å². The molecule has 0 spiro atoms. The third-order valence-corrected chi connectivity index (χ3v) is 4.04. The average Bonchev–Trinajstić information content (AvgIpc) is 2.63. The number of aromatic nitrogens is 1. The Morgan fingerprint density at radius 2 is 1.79 bits per heavy atom. The normalized spacial score (nSPS) is 16.5. The van der Waals surface area contributed by atoms with Gasteiger partial charge in [-0.2, -0.15) is 0 Å². The molecule has 2 aromatic carbocycles. The van der Waals surface area contributed by atoms with E-state index in [9.17, 15) is 9.18 Å². The second-order valence-corrected chi connectivity index (χ2v) is 5.51. The highest BCUT2D eigenvalue weighted by Crippen LogP contribution is 2.37. The zero-order valence-electron chi connectivity index (χ0n) is 12.7. The molecule has 1 atom stereocenters. The summed E-state index contributed by atoms with van der Waals surface area (Å²) in [5, 5.41) is 3.32. The Morgan fingerprint density at radius 3 is 2.58 bits per heavy atom. The van der Waals surface area contributed by atoms with E-state index in [1.54, 1.807) is 48.8 Å². The summed E-state index contributed by atoms with van der Waals surface area (Å²) in [6.45, 7) is 0. The zero-order valence-corrected chi connectivity index (χ0v) is 12.7. The SMILES string of the molecule is O=C1c2ccccc2N[C@H](c2cccnc2)N1c1ccccc1F. The summed E-state index contributed by atoms with van der Waals surface area (Å²) in [5.41, 5.74) is 2.26. The molecule has 5 heteroatoms. The lowest BCUT2D eigenvalue weighted by atomic mass is 10.0. The molecule has 24 heavy (non-hydrogen) atoms. The number of pyridine rings is 1. The van der Waals surface area contributed by atoms with Gasteiger partial charge in [0.1, 0.15) is 12.0 Å². The maximum Gasteiger partial charge on any atom is 0.262 e. The van der Waals surface area contributed by atoms with Gasteiger partial charge in [-0.1, -0.05) is 30.3 Å². The molecule has 1 aliphatic rings. The van der Waals surface area contributed by atoms with Crippen LogP contribution in [0, 0.1) is 5.82 Å². The zero-order chi connectivity index (χ0) is 16.5. The van der Waals surface area contributed by atoms with Crippen LogP contribution in [-0.2, 0) is 0 Å². The van der Waals surface area contributed by atoms with Gasteiger partial charge in [0.25, 0.3) is 5.91 Å². The highest BCUT2D eigenvalue weighted by atomic mass is 19.1. The van der Waals surface area contributed by atoms with Gasteiger partial charge in [-0.3, -0.25) is 14.7 Å². The van der Waals surface area contributed by atoms with Gasteiger partial charge in [-0.15, -0.1) is 0 Å². The Kier molecular flexibility index (Phi) is 3.46. The number of carbonyl (C=O) groups is 1. The molecule has 1 N–H and O–H groups in total. The lowest BCUT2D eigenvalue weighted by Gasteiger charge is -2.38. The fourth-order valence-electron chi connectivity index (χ4n) is 2.92. The van der Waals surface area contributed by atoms with Crippen LogP contribution >= 0.6 is 0 Å². The molecule has 0 bridgehead atoms. The molecular weight excluding hydrogens is 305 g/mol. The maximum atomic E-state index is 14.4. The third-order valence-electron chi connectivity index (χ3n) is 4.04. The van der Waals surface area contributed by atoms with E-state index in [0.29, 0.717) is 5.56 Å². The van der Waals surface area contributed by atoms with Crippen molar-refractivity contribution in [2.45, 2.75) is 6.17 Å². The molecule has 0 radical (unpaired) electrons. The fourth-order valence-corrected chi connectivity index (χ4v) is 2.92. The number of fused-ring (bicyclic) bond motifs is 1. The largest absolute Gasteiger partial charge is 0.360 e. The number of hydrogen-bond acceptors (Lipinski definition) is 3. The number of para-hydroxylation sites is 2. The van der Waals surface area contributed by atoms with E-state index in [1.807, 2.05) is 18.2 Å². The number of amides is 1. The number of nitrogens with one attached hydrogen (secondary N) is 1. The molecule has 4 rings (SSSR count). The van der Waals surface area contributed by atoms with Crippen molar-refractivity contribution in [1.29, 1.82) is 0 Å². The highest BCUT2D eigenvalue weighted by molar-refractivity contribution is 6.12. The van der Waals surface area contributed by atoms with Gasteiger partial charge in [0.05, 0.1) is 11.3 Å². The van der Waals surface area contributed by atoms with Gasteiger partial charge in [-0.25, -0.2) is 4.39 Å². The van der Waals surface area contributed by atoms with E-state index in [4.69, 9.17) is 0 Å². The van der Waals surface area contributed by atoms with Crippen molar-refractivity contribution >= 4 is 17.3 Å². The number of halogens is 1. The van der Waals surface area contributed by atoms with E-state index in [1.165, 1.54) is 11.0 Å².